The third kappa shape index (κ3) is 4.05. The Morgan fingerprint density at radius 2 is 1.77 bits per heavy atom. The SMILES string of the molecule is COc1ccc(-c2nc(C)cc3nn(CC(=O)Nc4ccc(C)c(C)c4)c(=O)n23)cc1. The molecule has 4 rings (SSSR count). The molecule has 8 heteroatoms. The van der Waals surface area contributed by atoms with Crippen molar-refractivity contribution in [3.05, 3.63) is 75.8 Å². The van der Waals surface area contributed by atoms with Gasteiger partial charge in [-0.3, -0.25) is 4.79 Å². The molecule has 2 heterocycles. The van der Waals surface area contributed by atoms with Crippen LogP contribution in [0.2, 0.25) is 0 Å². The summed E-state index contributed by atoms with van der Waals surface area (Å²) in [5.41, 5.74) is 4.37. The van der Waals surface area contributed by atoms with Crippen molar-refractivity contribution in [1.82, 2.24) is 19.2 Å². The second kappa shape index (κ2) is 8.06. The number of nitrogens with zero attached hydrogens (tertiary/aromatic N) is 4. The maximum atomic E-state index is 13.1. The Hall–Kier alpha value is -3.94. The summed E-state index contributed by atoms with van der Waals surface area (Å²) in [4.78, 5) is 30.1. The Labute approximate surface area is 179 Å². The van der Waals surface area contributed by atoms with E-state index in [4.69, 9.17) is 4.74 Å². The number of hydrogen-bond donors (Lipinski definition) is 1. The zero-order valence-corrected chi connectivity index (χ0v) is 17.8. The number of amides is 1. The highest BCUT2D eigenvalue weighted by Gasteiger charge is 2.16. The molecule has 0 saturated heterocycles. The molecule has 2 aromatic carbocycles. The van der Waals surface area contributed by atoms with Crippen LogP contribution in [0.15, 0.2) is 53.3 Å². The summed E-state index contributed by atoms with van der Waals surface area (Å²) in [5, 5.41) is 7.17. The first-order valence-corrected chi connectivity index (χ1v) is 9.84. The molecule has 0 atom stereocenters. The largest absolute Gasteiger partial charge is 0.497 e. The highest BCUT2D eigenvalue weighted by atomic mass is 16.5. The highest BCUT2D eigenvalue weighted by Crippen LogP contribution is 2.21. The van der Waals surface area contributed by atoms with E-state index in [0.29, 0.717) is 22.9 Å². The number of anilines is 1. The Kier molecular flexibility index (Phi) is 5.29. The molecule has 0 bridgehead atoms. The first-order valence-electron chi connectivity index (χ1n) is 9.84. The van der Waals surface area contributed by atoms with Gasteiger partial charge in [0.25, 0.3) is 0 Å². The summed E-state index contributed by atoms with van der Waals surface area (Å²) in [6, 6.07) is 14.7. The second-order valence-electron chi connectivity index (χ2n) is 7.43. The molecule has 0 saturated carbocycles. The average Bonchev–Trinajstić information content (AvgIpc) is 3.05. The van der Waals surface area contributed by atoms with Crippen molar-refractivity contribution in [3.63, 3.8) is 0 Å². The molecule has 0 unspecified atom stereocenters. The van der Waals surface area contributed by atoms with Crippen LogP contribution in [0.25, 0.3) is 17.0 Å². The third-order valence-corrected chi connectivity index (χ3v) is 5.13. The first-order chi connectivity index (χ1) is 14.9. The molecular formula is C23H23N5O3. The van der Waals surface area contributed by atoms with Crippen LogP contribution in [0.5, 0.6) is 5.75 Å². The monoisotopic (exact) mass is 417 g/mol. The van der Waals surface area contributed by atoms with Gasteiger partial charge in [0.1, 0.15) is 18.1 Å². The summed E-state index contributed by atoms with van der Waals surface area (Å²) in [6.07, 6.45) is 0. The summed E-state index contributed by atoms with van der Waals surface area (Å²) in [6.45, 7) is 5.62. The van der Waals surface area contributed by atoms with E-state index in [2.05, 4.69) is 15.4 Å². The van der Waals surface area contributed by atoms with Gasteiger partial charge in [0.15, 0.2) is 5.65 Å². The Balaban J connectivity index is 1.68. The number of nitrogens with one attached hydrogen (secondary N) is 1. The van der Waals surface area contributed by atoms with Gasteiger partial charge in [-0.05, 0) is 68.3 Å². The van der Waals surface area contributed by atoms with Crippen molar-refractivity contribution in [2.24, 2.45) is 0 Å². The number of rotatable bonds is 5. The molecule has 1 amide bonds. The molecule has 0 fully saturated rings. The zero-order valence-electron chi connectivity index (χ0n) is 17.8. The fourth-order valence-corrected chi connectivity index (χ4v) is 3.35. The lowest BCUT2D eigenvalue weighted by Gasteiger charge is -2.07. The van der Waals surface area contributed by atoms with E-state index in [1.807, 2.05) is 51.1 Å². The molecule has 1 N–H and O–H groups in total. The van der Waals surface area contributed by atoms with E-state index in [1.165, 1.54) is 4.40 Å². The quantitative estimate of drug-likeness (QED) is 0.539. The van der Waals surface area contributed by atoms with Crippen LogP contribution in [0.1, 0.15) is 16.8 Å². The maximum Gasteiger partial charge on any atom is 0.352 e. The van der Waals surface area contributed by atoms with Crippen molar-refractivity contribution in [2.45, 2.75) is 27.3 Å². The number of fused-ring (bicyclic) bond motifs is 1. The Bertz CT molecular complexity index is 1340. The summed E-state index contributed by atoms with van der Waals surface area (Å²) in [5.74, 6) is 0.839. The van der Waals surface area contributed by atoms with Gasteiger partial charge in [0, 0.05) is 23.0 Å². The van der Waals surface area contributed by atoms with Crippen LogP contribution in [-0.2, 0) is 11.3 Å². The molecule has 0 radical (unpaired) electrons. The third-order valence-electron chi connectivity index (χ3n) is 5.13. The van der Waals surface area contributed by atoms with E-state index in [9.17, 15) is 9.59 Å². The van der Waals surface area contributed by atoms with Crippen molar-refractivity contribution >= 4 is 17.2 Å². The second-order valence-corrected chi connectivity index (χ2v) is 7.43. The molecule has 0 aliphatic heterocycles. The number of benzene rings is 2. The smallest absolute Gasteiger partial charge is 0.352 e. The van der Waals surface area contributed by atoms with Gasteiger partial charge in [0.05, 0.1) is 7.11 Å². The molecular weight excluding hydrogens is 394 g/mol. The van der Waals surface area contributed by atoms with Gasteiger partial charge in [-0.2, -0.15) is 0 Å². The van der Waals surface area contributed by atoms with Gasteiger partial charge in [0.2, 0.25) is 5.91 Å². The molecule has 31 heavy (non-hydrogen) atoms. The average molecular weight is 417 g/mol. The molecule has 0 aliphatic carbocycles. The number of aromatic nitrogens is 4. The van der Waals surface area contributed by atoms with Gasteiger partial charge in [-0.1, -0.05) is 6.07 Å². The lowest BCUT2D eigenvalue weighted by atomic mass is 10.1. The van der Waals surface area contributed by atoms with Crippen molar-refractivity contribution in [2.75, 3.05) is 12.4 Å². The van der Waals surface area contributed by atoms with Gasteiger partial charge >= 0.3 is 5.69 Å². The van der Waals surface area contributed by atoms with Crippen molar-refractivity contribution in [3.8, 4) is 17.1 Å². The van der Waals surface area contributed by atoms with Gasteiger partial charge < -0.3 is 10.1 Å². The number of carbonyl (C=O) groups excluding carboxylic acids is 1. The normalized spacial score (nSPS) is 11.0. The summed E-state index contributed by atoms with van der Waals surface area (Å²) < 4.78 is 7.77. The molecule has 2 aromatic heterocycles. The number of methoxy groups -OCH3 is 1. The molecule has 4 aromatic rings. The highest BCUT2D eigenvalue weighted by molar-refractivity contribution is 5.90. The van der Waals surface area contributed by atoms with Crippen molar-refractivity contribution in [1.29, 1.82) is 0 Å². The topological polar surface area (TPSA) is 90.5 Å². The predicted molar refractivity (Wildman–Crippen MR) is 119 cm³/mol. The lowest BCUT2D eigenvalue weighted by molar-refractivity contribution is -0.117. The van der Waals surface area contributed by atoms with Crippen LogP contribution in [0.4, 0.5) is 5.69 Å². The van der Waals surface area contributed by atoms with Crippen LogP contribution in [0.3, 0.4) is 0 Å². The number of ether oxygens (including phenoxy) is 1. The number of aryl methyl sites for hydroxylation is 3. The number of carbonyl (C=O) groups is 1. The Morgan fingerprint density at radius 3 is 2.45 bits per heavy atom. The minimum atomic E-state index is -0.427. The number of hydrogen-bond acceptors (Lipinski definition) is 5. The fourth-order valence-electron chi connectivity index (χ4n) is 3.35. The van der Waals surface area contributed by atoms with Crippen LogP contribution in [-0.4, -0.2) is 32.2 Å². The van der Waals surface area contributed by atoms with Crippen LogP contribution in [0, 0.1) is 20.8 Å². The van der Waals surface area contributed by atoms with E-state index in [-0.39, 0.29) is 12.5 Å². The van der Waals surface area contributed by atoms with Crippen molar-refractivity contribution < 1.29 is 9.53 Å². The predicted octanol–water partition coefficient (Wildman–Crippen LogP) is 3.13. The molecule has 0 aliphatic rings. The maximum absolute atomic E-state index is 13.1. The first kappa shape index (κ1) is 20.3. The zero-order chi connectivity index (χ0) is 22.1. The van der Waals surface area contributed by atoms with E-state index < -0.39 is 5.69 Å². The summed E-state index contributed by atoms with van der Waals surface area (Å²) >= 11 is 0. The van der Waals surface area contributed by atoms with Gasteiger partial charge in [-0.25, -0.2) is 18.9 Å². The van der Waals surface area contributed by atoms with Crippen LogP contribution >= 0.6 is 0 Å². The molecule has 158 valence electrons. The summed E-state index contributed by atoms with van der Waals surface area (Å²) in [7, 11) is 1.59. The van der Waals surface area contributed by atoms with E-state index >= 15 is 0 Å². The standard InChI is InChI=1S/C23H23N5O3/c1-14-5-8-18(11-15(14)2)25-21(29)13-27-23(30)28-20(26-27)12-16(3)24-22(28)17-6-9-19(31-4)10-7-17/h5-12H,13H2,1-4H3,(H,25,29). The minimum Gasteiger partial charge on any atom is -0.497 e. The lowest BCUT2D eigenvalue weighted by Crippen LogP contribution is -2.28. The molecule has 0 spiro atoms. The Morgan fingerprint density at radius 1 is 1.03 bits per heavy atom. The van der Waals surface area contributed by atoms with Gasteiger partial charge in [-0.15, -0.1) is 5.10 Å². The van der Waals surface area contributed by atoms with E-state index in [1.54, 1.807) is 25.3 Å². The van der Waals surface area contributed by atoms with E-state index in [0.717, 1.165) is 27.1 Å². The molecule has 8 nitrogen and oxygen atoms in total. The van der Waals surface area contributed by atoms with Crippen LogP contribution < -0.4 is 15.7 Å². The fraction of sp³-hybridized carbons (Fsp3) is 0.217. The minimum absolute atomic E-state index is 0.200.